The van der Waals surface area contributed by atoms with E-state index in [1.807, 2.05) is 0 Å². The SMILES string of the molecule is CCOC(O)[C@@H](C)C(OC(C)=O)c1cccc(Br)n1. The lowest BCUT2D eigenvalue weighted by Gasteiger charge is -2.26. The van der Waals surface area contributed by atoms with Gasteiger partial charge >= 0.3 is 5.97 Å². The lowest BCUT2D eigenvalue weighted by molar-refractivity contribution is -0.173. The standard InChI is InChI=1S/C13H18BrNO4/c1-4-18-13(17)8(2)12(19-9(3)16)10-6-5-7-11(14)15-10/h5-8,12-13,17H,4H2,1-3H3/t8-,12?,13?/m0/s1. The number of hydrogen-bond acceptors (Lipinski definition) is 5. The molecule has 106 valence electrons. The number of aliphatic hydroxyl groups excluding tert-OH is 1. The predicted octanol–water partition coefficient (Wildman–Crippen LogP) is 2.44. The fourth-order valence-corrected chi connectivity index (χ4v) is 2.03. The topological polar surface area (TPSA) is 68.7 Å². The molecule has 0 fully saturated rings. The zero-order valence-corrected chi connectivity index (χ0v) is 12.8. The van der Waals surface area contributed by atoms with Crippen molar-refractivity contribution in [2.75, 3.05) is 6.61 Å². The van der Waals surface area contributed by atoms with E-state index < -0.39 is 24.3 Å². The van der Waals surface area contributed by atoms with Gasteiger partial charge in [0.25, 0.3) is 0 Å². The predicted molar refractivity (Wildman–Crippen MR) is 73.2 cm³/mol. The number of aromatic nitrogens is 1. The normalized spacial score (nSPS) is 15.6. The van der Waals surface area contributed by atoms with Crippen LogP contribution >= 0.6 is 15.9 Å². The van der Waals surface area contributed by atoms with E-state index in [0.29, 0.717) is 16.9 Å². The summed E-state index contributed by atoms with van der Waals surface area (Å²) >= 11 is 3.27. The highest BCUT2D eigenvalue weighted by Gasteiger charge is 2.30. The number of carbonyl (C=O) groups excluding carboxylic acids is 1. The summed E-state index contributed by atoms with van der Waals surface area (Å²) in [7, 11) is 0. The molecule has 0 aliphatic heterocycles. The fraction of sp³-hybridized carbons (Fsp3) is 0.538. The van der Waals surface area contributed by atoms with Crippen LogP contribution in [0, 0.1) is 5.92 Å². The quantitative estimate of drug-likeness (QED) is 0.492. The maximum Gasteiger partial charge on any atom is 0.303 e. The molecule has 0 radical (unpaired) electrons. The third kappa shape index (κ3) is 4.89. The van der Waals surface area contributed by atoms with E-state index in [9.17, 15) is 9.90 Å². The number of ether oxygens (including phenoxy) is 2. The molecule has 1 aromatic rings. The van der Waals surface area contributed by atoms with Crippen LogP contribution in [0.1, 0.15) is 32.6 Å². The Bertz CT molecular complexity index is 427. The molecule has 19 heavy (non-hydrogen) atoms. The van der Waals surface area contributed by atoms with Crippen molar-refractivity contribution in [3.8, 4) is 0 Å². The molecule has 3 atom stereocenters. The summed E-state index contributed by atoms with van der Waals surface area (Å²) in [5, 5.41) is 9.88. The van der Waals surface area contributed by atoms with Gasteiger partial charge in [-0.15, -0.1) is 0 Å². The van der Waals surface area contributed by atoms with Gasteiger partial charge < -0.3 is 14.6 Å². The Balaban J connectivity index is 2.97. The molecule has 2 unspecified atom stereocenters. The number of carbonyl (C=O) groups is 1. The fourth-order valence-electron chi connectivity index (χ4n) is 1.67. The smallest absolute Gasteiger partial charge is 0.303 e. The Kier molecular flexibility index (Phi) is 6.41. The van der Waals surface area contributed by atoms with Crippen molar-refractivity contribution in [3.63, 3.8) is 0 Å². The van der Waals surface area contributed by atoms with Crippen LogP contribution in [0.2, 0.25) is 0 Å². The number of nitrogens with zero attached hydrogens (tertiary/aromatic N) is 1. The van der Waals surface area contributed by atoms with Crippen LogP contribution in [0.3, 0.4) is 0 Å². The maximum absolute atomic E-state index is 11.2. The molecule has 1 rings (SSSR count). The number of aliphatic hydroxyl groups is 1. The van der Waals surface area contributed by atoms with Gasteiger partial charge in [-0.05, 0) is 35.0 Å². The summed E-state index contributed by atoms with van der Waals surface area (Å²) in [4.78, 5) is 15.5. The third-order valence-electron chi connectivity index (χ3n) is 2.59. The molecule has 5 nitrogen and oxygen atoms in total. The minimum atomic E-state index is -1.02. The van der Waals surface area contributed by atoms with E-state index in [0.717, 1.165) is 0 Å². The van der Waals surface area contributed by atoms with Crippen molar-refractivity contribution in [1.82, 2.24) is 4.98 Å². The van der Waals surface area contributed by atoms with Crippen LogP contribution in [-0.2, 0) is 14.3 Å². The molecule has 6 heteroatoms. The molecule has 1 aromatic heterocycles. The van der Waals surface area contributed by atoms with Crippen molar-refractivity contribution in [2.24, 2.45) is 5.92 Å². The van der Waals surface area contributed by atoms with E-state index in [1.165, 1.54) is 6.92 Å². The molecule has 0 aromatic carbocycles. The zero-order valence-electron chi connectivity index (χ0n) is 11.2. The Morgan fingerprint density at radius 1 is 1.53 bits per heavy atom. The summed E-state index contributed by atoms with van der Waals surface area (Å²) in [5.74, 6) is -0.854. The van der Waals surface area contributed by atoms with Gasteiger partial charge in [0.1, 0.15) is 4.60 Å². The molecule has 0 aliphatic carbocycles. The van der Waals surface area contributed by atoms with Crippen LogP contribution in [0.15, 0.2) is 22.8 Å². The second kappa shape index (κ2) is 7.57. The lowest BCUT2D eigenvalue weighted by Crippen LogP contribution is -2.29. The van der Waals surface area contributed by atoms with E-state index in [4.69, 9.17) is 9.47 Å². The Hall–Kier alpha value is -0.980. The van der Waals surface area contributed by atoms with E-state index in [-0.39, 0.29) is 0 Å². The summed E-state index contributed by atoms with van der Waals surface area (Å²) in [6.07, 6.45) is -1.67. The number of hydrogen-bond donors (Lipinski definition) is 1. The number of rotatable bonds is 6. The minimum Gasteiger partial charge on any atom is -0.456 e. The van der Waals surface area contributed by atoms with Gasteiger partial charge in [0.15, 0.2) is 12.4 Å². The van der Waals surface area contributed by atoms with Gasteiger partial charge in [-0.3, -0.25) is 4.79 Å². The van der Waals surface area contributed by atoms with Crippen LogP contribution in [0.5, 0.6) is 0 Å². The molecule has 0 aliphatic rings. The van der Waals surface area contributed by atoms with Crippen LogP contribution in [0.25, 0.3) is 0 Å². The maximum atomic E-state index is 11.2. The first-order chi connectivity index (χ1) is 8.95. The lowest BCUT2D eigenvalue weighted by atomic mass is 10.0. The highest BCUT2D eigenvalue weighted by atomic mass is 79.9. The van der Waals surface area contributed by atoms with E-state index in [1.54, 1.807) is 32.0 Å². The molecule has 1 heterocycles. The Morgan fingerprint density at radius 3 is 2.74 bits per heavy atom. The van der Waals surface area contributed by atoms with E-state index in [2.05, 4.69) is 20.9 Å². The summed E-state index contributed by atoms with van der Waals surface area (Å²) < 4.78 is 11.0. The van der Waals surface area contributed by atoms with Crippen LogP contribution in [0.4, 0.5) is 0 Å². The molecule has 0 saturated carbocycles. The largest absolute Gasteiger partial charge is 0.456 e. The monoisotopic (exact) mass is 331 g/mol. The Labute approximate surface area is 121 Å². The van der Waals surface area contributed by atoms with Crippen molar-refractivity contribution < 1.29 is 19.4 Å². The molecule has 0 spiro atoms. The molecule has 0 amide bonds. The van der Waals surface area contributed by atoms with Crippen molar-refractivity contribution >= 4 is 21.9 Å². The van der Waals surface area contributed by atoms with Crippen LogP contribution in [-0.4, -0.2) is 29.0 Å². The third-order valence-corrected chi connectivity index (χ3v) is 3.03. The average Bonchev–Trinajstić information content (AvgIpc) is 2.35. The van der Waals surface area contributed by atoms with Gasteiger partial charge in [0, 0.05) is 19.4 Å². The summed E-state index contributed by atoms with van der Waals surface area (Å²) in [6, 6.07) is 5.31. The van der Waals surface area contributed by atoms with Crippen molar-refractivity contribution in [3.05, 3.63) is 28.5 Å². The van der Waals surface area contributed by atoms with Gasteiger partial charge in [-0.1, -0.05) is 13.0 Å². The summed E-state index contributed by atoms with van der Waals surface area (Å²) in [6.45, 7) is 5.24. The zero-order chi connectivity index (χ0) is 14.4. The summed E-state index contributed by atoms with van der Waals surface area (Å²) in [5.41, 5.74) is 0.566. The first kappa shape index (κ1) is 16.1. The van der Waals surface area contributed by atoms with Gasteiger partial charge in [-0.2, -0.15) is 0 Å². The second-order valence-electron chi connectivity index (χ2n) is 4.12. The van der Waals surface area contributed by atoms with Gasteiger partial charge in [-0.25, -0.2) is 4.98 Å². The van der Waals surface area contributed by atoms with Crippen molar-refractivity contribution in [2.45, 2.75) is 33.2 Å². The number of esters is 1. The number of halogens is 1. The van der Waals surface area contributed by atoms with Crippen molar-refractivity contribution in [1.29, 1.82) is 0 Å². The second-order valence-corrected chi connectivity index (χ2v) is 4.93. The van der Waals surface area contributed by atoms with Crippen LogP contribution < -0.4 is 0 Å². The molecule has 0 bridgehead atoms. The van der Waals surface area contributed by atoms with E-state index >= 15 is 0 Å². The van der Waals surface area contributed by atoms with Gasteiger partial charge in [0.2, 0.25) is 0 Å². The first-order valence-electron chi connectivity index (χ1n) is 6.05. The van der Waals surface area contributed by atoms with Gasteiger partial charge in [0.05, 0.1) is 5.69 Å². The Morgan fingerprint density at radius 2 is 2.21 bits per heavy atom. The molecular weight excluding hydrogens is 314 g/mol. The molecule has 0 saturated heterocycles. The molecule has 1 N–H and O–H groups in total. The first-order valence-corrected chi connectivity index (χ1v) is 6.84. The average molecular weight is 332 g/mol. The molecular formula is C13H18BrNO4. The number of pyridine rings is 1. The highest BCUT2D eigenvalue weighted by Crippen LogP contribution is 2.28. The minimum absolute atomic E-state index is 0.379. The highest BCUT2D eigenvalue weighted by molar-refractivity contribution is 9.10.